The molecule has 0 radical (unpaired) electrons. The van der Waals surface area contributed by atoms with Gasteiger partial charge in [0.15, 0.2) is 0 Å². The summed E-state index contributed by atoms with van der Waals surface area (Å²) >= 11 is 0. The van der Waals surface area contributed by atoms with E-state index in [4.69, 9.17) is 5.11 Å². The minimum absolute atomic E-state index is 0.0579. The number of benzene rings is 1. The minimum atomic E-state index is -0.917. The Morgan fingerprint density at radius 2 is 1.64 bits per heavy atom. The number of amides is 1. The van der Waals surface area contributed by atoms with Crippen molar-refractivity contribution in [3.63, 3.8) is 0 Å². The molecule has 1 atom stereocenters. The van der Waals surface area contributed by atoms with E-state index >= 15 is 0 Å². The molecule has 5 heteroatoms. The number of rotatable bonds is 11. The molecule has 33 heavy (non-hydrogen) atoms. The molecule has 188 valence electrons. The van der Waals surface area contributed by atoms with Crippen molar-refractivity contribution in [3.8, 4) is 0 Å². The smallest absolute Gasteiger partial charge is 0.305 e. The van der Waals surface area contributed by atoms with Crippen LogP contribution in [0.15, 0.2) is 47.7 Å². The molecule has 0 fully saturated rings. The Morgan fingerprint density at radius 1 is 1.06 bits per heavy atom. The monoisotopic (exact) mass is 460 g/mol. The first kappa shape index (κ1) is 32.6. The third-order valence-corrected chi connectivity index (χ3v) is 5.25. The molecule has 0 aliphatic heterocycles. The summed E-state index contributed by atoms with van der Waals surface area (Å²) in [5.74, 6) is -0.437. The zero-order chi connectivity index (χ0) is 25.8. The van der Waals surface area contributed by atoms with E-state index in [1.807, 2.05) is 32.9 Å². The predicted molar refractivity (Wildman–Crippen MR) is 142 cm³/mol. The average molecular weight is 461 g/mol. The topological polar surface area (TPSA) is 69.6 Å². The lowest BCUT2D eigenvalue weighted by Crippen LogP contribution is -2.25. The van der Waals surface area contributed by atoms with Crippen LogP contribution in [0.3, 0.4) is 0 Å². The van der Waals surface area contributed by atoms with Crippen LogP contribution in [0.1, 0.15) is 89.6 Å². The molecular weight excluding hydrogens is 412 g/mol. The summed E-state index contributed by atoms with van der Waals surface area (Å²) in [5, 5.41) is 10.9. The van der Waals surface area contributed by atoms with Gasteiger partial charge in [0.1, 0.15) is 0 Å². The molecule has 0 aliphatic carbocycles. The number of allylic oxidation sites excluding steroid dienone is 4. The molecule has 0 heterocycles. The fourth-order valence-corrected chi connectivity index (χ4v) is 2.58. The summed E-state index contributed by atoms with van der Waals surface area (Å²) < 4.78 is 0. The summed E-state index contributed by atoms with van der Waals surface area (Å²) in [6, 6.07) is 7.11. The van der Waals surface area contributed by atoms with E-state index in [1.54, 1.807) is 12.1 Å². The molecule has 0 bridgehead atoms. The van der Waals surface area contributed by atoms with Gasteiger partial charge < -0.3 is 15.3 Å². The van der Waals surface area contributed by atoms with Gasteiger partial charge in [0.05, 0.1) is 6.42 Å². The Morgan fingerprint density at radius 3 is 2.12 bits per heavy atom. The van der Waals surface area contributed by atoms with Gasteiger partial charge in [-0.3, -0.25) is 9.59 Å². The molecule has 1 aromatic carbocycles. The number of carbonyl (C=O) groups excluding carboxylic acids is 1. The van der Waals surface area contributed by atoms with E-state index < -0.39 is 5.97 Å². The van der Waals surface area contributed by atoms with Crippen LogP contribution in [0.25, 0.3) is 0 Å². The van der Waals surface area contributed by atoms with Crippen LogP contribution in [-0.2, 0) is 4.79 Å². The number of hydrogen-bond donors (Lipinski definition) is 2. The Hall–Kier alpha value is -2.56. The maximum atomic E-state index is 11.4. The Balaban J connectivity index is 0. The van der Waals surface area contributed by atoms with Gasteiger partial charge in [-0.1, -0.05) is 76.3 Å². The lowest BCUT2D eigenvalue weighted by atomic mass is 9.95. The second-order valence-electron chi connectivity index (χ2n) is 8.28. The highest BCUT2D eigenvalue weighted by atomic mass is 16.4. The van der Waals surface area contributed by atoms with Crippen LogP contribution in [0.4, 0.5) is 0 Å². The van der Waals surface area contributed by atoms with Crippen molar-refractivity contribution in [2.45, 2.75) is 80.6 Å². The van der Waals surface area contributed by atoms with Crippen molar-refractivity contribution >= 4 is 11.9 Å². The lowest BCUT2D eigenvalue weighted by molar-refractivity contribution is -0.136. The SMILES string of the molecule is CC.CCCCCC(C)/C(C)=C/C=C(\C)N(C)C.Cc1ccc(C(=O)NCCC(=O)O)cc1. The van der Waals surface area contributed by atoms with Gasteiger partial charge in [-0.2, -0.15) is 0 Å². The Bertz CT molecular complexity index is 719. The number of carboxylic acids is 1. The van der Waals surface area contributed by atoms with Crippen LogP contribution in [0.5, 0.6) is 0 Å². The first-order chi connectivity index (χ1) is 15.6. The van der Waals surface area contributed by atoms with Gasteiger partial charge in [0, 0.05) is 31.9 Å². The first-order valence-corrected chi connectivity index (χ1v) is 12.2. The average Bonchev–Trinajstić information content (AvgIpc) is 2.79. The summed E-state index contributed by atoms with van der Waals surface area (Å²) in [6.45, 7) is 15.1. The van der Waals surface area contributed by atoms with E-state index in [0.717, 1.165) is 11.5 Å². The molecule has 0 aliphatic rings. The molecule has 0 saturated carbocycles. The van der Waals surface area contributed by atoms with Crippen LogP contribution < -0.4 is 5.32 Å². The number of nitrogens with one attached hydrogen (secondary N) is 1. The van der Waals surface area contributed by atoms with E-state index in [9.17, 15) is 9.59 Å². The van der Waals surface area contributed by atoms with Crippen molar-refractivity contribution in [1.29, 1.82) is 0 Å². The van der Waals surface area contributed by atoms with Crippen molar-refractivity contribution in [1.82, 2.24) is 10.2 Å². The van der Waals surface area contributed by atoms with Crippen LogP contribution in [-0.4, -0.2) is 42.5 Å². The van der Waals surface area contributed by atoms with E-state index in [2.05, 4.69) is 64.2 Å². The molecule has 0 aromatic heterocycles. The molecule has 1 amide bonds. The van der Waals surface area contributed by atoms with Crippen molar-refractivity contribution in [2.24, 2.45) is 5.92 Å². The van der Waals surface area contributed by atoms with E-state index in [-0.39, 0.29) is 18.9 Å². The normalized spacial score (nSPS) is 11.9. The van der Waals surface area contributed by atoms with E-state index in [1.165, 1.54) is 37.0 Å². The fourth-order valence-electron chi connectivity index (χ4n) is 2.58. The molecule has 2 N–H and O–H groups in total. The largest absolute Gasteiger partial charge is 0.481 e. The van der Waals surface area contributed by atoms with E-state index in [0.29, 0.717) is 5.56 Å². The second-order valence-corrected chi connectivity index (χ2v) is 8.28. The molecule has 1 unspecified atom stereocenters. The summed E-state index contributed by atoms with van der Waals surface area (Å²) in [5.41, 5.74) is 4.43. The third-order valence-electron chi connectivity index (χ3n) is 5.25. The number of carbonyl (C=O) groups is 2. The highest BCUT2D eigenvalue weighted by molar-refractivity contribution is 5.94. The van der Waals surface area contributed by atoms with Crippen molar-refractivity contribution in [3.05, 3.63) is 58.8 Å². The molecule has 0 spiro atoms. The maximum absolute atomic E-state index is 11.4. The minimum Gasteiger partial charge on any atom is -0.481 e. The van der Waals surface area contributed by atoms with Crippen LogP contribution in [0.2, 0.25) is 0 Å². The zero-order valence-electron chi connectivity index (χ0n) is 22.5. The van der Waals surface area contributed by atoms with Gasteiger partial charge in [0.2, 0.25) is 0 Å². The summed E-state index contributed by atoms with van der Waals surface area (Å²) in [6.07, 6.45) is 9.79. The Labute approximate surface area is 203 Å². The highest BCUT2D eigenvalue weighted by Crippen LogP contribution is 2.18. The lowest BCUT2D eigenvalue weighted by Gasteiger charge is -2.13. The quantitative estimate of drug-likeness (QED) is 0.280. The van der Waals surface area contributed by atoms with Crippen molar-refractivity contribution in [2.75, 3.05) is 20.6 Å². The third kappa shape index (κ3) is 17.6. The number of aliphatic carboxylic acids is 1. The van der Waals surface area contributed by atoms with Gasteiger partial charge in [-0.05, 0) is 51.3 Å². The van der Waals surface area contributed by atoms with Gasteiger partial charge in [-0.25, -0.2) is 0 Å². The predicted octanol–water partition coefficient (Wildman–Crippen LogP) is 6.84. The van der Waals surface area contributed by atoms with Crippen LogP contribution >= 0.6 is 0 Å². The summed E-state index contributed by atoms with van der Waals surface area (Å²) in [4.78, 5) is 23.8. The number of nitrogens with zero attached hydrogens (tertiary/aromatic N) is 1. The standard InChI is InChI=1S/C15H29N.C11H13NO3.C2H6/c1-7-8-9-10-13(2)14(3)11-12-15(4)16(5)6;1-8-2-4-9(5-3-8)11(15)12-7-6-10(13)14;1-2/h11-13H,7-10H2,1-6H3;2-5H,6-7H2,1H3,(H,12,15)(H,13,14);1-2H3/b14-11+,15-12+;;. The Kier molecular flexibility index (Phi) is 19.8. The molecule has 1 aromatic rings. The molecular formula is C28H48N2O3. The number of unbranched alkanes of at least 4 members (excludes halogenated alkanes) is 2. The first-order valence-electron chi connectivity index (χ1n) is 12.2. The summed E-state index contributed by atoms with van der Waals surface area (Å²) in [7, 11) is 4.17. The number of carboxylic acid groups (broad SMARTS) is 1. The molecule has 0 saturated heterocycles. The maximum Gasteiger partial charge on any atom is 0.305 e. The highest BCUT2D eigenvalue weighted by Gasteiger charge is 2.05. The molecule has 5 nitrogen and oxygen atoms in total. The number of hydrogen-bond acceptors (Lipinski definition) is 3. The fraction of sp³-hybridized carbons (Fsp3) is 0.571. The zero-order valence-corrected chi connectivity index (χ0v) is 22.5. The second kappa shape index (κ2) is 20.1. The number of aryl methyl sites for hydroxylation is 1. The van der Waals surface area contributed by atoms with Crippen LogP contribution in [0, 0.1) is 12.8 Å². The van der Waals surface area contributed by atoms with Gasteiger partial charge >= 0.3 is 5.97 Å². The van der Waals surface area contributed by atoms with Crippen molar-refractivity contribution < 1.29 is 14.7 Å². The molecule has 1 rings (SSSR count). The van der Waals surface area contributed by atoms with Gasteiger partial charge in [-0.15, -0.1) is 0 Å². The van der Waals surface area contributed by atoms with Gasteiger partial charge in [0.25, 0.3) is 5.91 Å².